The summed E-state index contributed by atoms with van der Waals surface area (Å²) in [7, 11) is 0. The van der Waals surface area contributed by atoms with E-state index in [9.17, 15) is 14.4 Å². The van der Waals surface area contributed by atoms with Gasteiger partial charge in [-0.25, -0.2) is 9.78 Å². The molecule has 0 atom stereocenters. The van der Waals surface area contributed by atoms with Gasteiger partial charge in [-0.3, -0.25) is 18.7 Å². The fourth-order valence-corrected chi connectivity index (χ4v) is 5.00. The number of hydrogen-bond donors (Lipinski definition) is 1. The Labute approximate surface area is 188 Å². The van der Waals surface area contributed by atoms with E-state index in [1.54, 1.807) is 24.3 Å². The summed E-state index contributed by atoms with van der Waals surface area (Å²) < 4.78 is 2.89. The van der Waals surface area contributed by atoms with Crippen molar-refractivity contribution in [2.75, 3.05) is 23.3 Å². The van der Waals surface area contributed by atoms with Crippen molar-refractivity contribution in [2.45, 2.75) is 45.7 Å². The Morgan fingerprint density at radius 2 is 1.90 bits per heavy atom. The van der Waals surface area contributed by atoms with E-state index in [0.29, 0.717) is 21.8 Å². The Morgan fingerprint density at radius 3 is 2.61 bits per heavy atom. The van der Waals surface area contributed by atoms with Crippen molar-refractivity contribution in [3.8, 4) is 0 Å². The summed E-state index contributed by atoms with van der Waals surface area (Å²) >= 11 is 7.43. The van der Waals surface area contributed by atoms with Gasteiger partial charge in [-0.15, -0.1) is 0 Å². The van der Waals surface area contributed by atoms with Gasteiger partial charge in [0.2, 0.25) is 5.91 Å². The molecule has 0 unspecified atom stereocenters. The predicted molar refractivity (Wildman–Crippen MR) is 125 cm³/mol. The van der Waals surface area contributed by atoms with Gasteiger partial charge in [-0.1, -0.05) is 42.0 Å². The van der Waals surface area contributed by atoms with Crippen LogP contribution < -0.4 is 21.5 Å². The molecule has 1 aliphatic heterocycles. The van der Waals surface area contributed by atoms with Crippen molar-refractivity contribution >= 4 is 50.0 Å². The lowest BCUT2D eigenvalue weighted by molar-refractivity contribution is -0.116. The first-order chi connectivity index (χ1) is 15.0. The Balaban J connectivity index is 1.75. The highest BCUT2D eigenvalue weighted by molar-refractivity contribution is 7.22. The van der Waals surface area contributed by atoms with Crippen molar-refractivity contribution in [1.29, 1.82) is 0 Å². The lowest BCUT2D eigenvalue weighted by Gasteiger charge is -2.25. The van der Waals surface area contributed by atoms with Crippen molar-refractivity contribution in [3.05, 3.63) is 50.1 Å². The van der Waals surface area contributed by atoms with Crippen LogP contribution in [0.5, 0.6) is 0 Å². The molecule has 0 radical (unpaired) electrons. The number of benzene rings is 1. The number of thiazole rings is 1. The van der Waals surface area contributed by atoms with Crippen LogP contribution >= 0.6 is 22.9 Å². The van der Waals surface area contributed by atoms with E-state index in [1.807, 2.05) is 6.92 Å². The number of aromatic nitrogens is 3. The zero-order valence-electron chi connectivity index (χ0n) is 17.3. The van der Waals surface area contributed by atoms with E-state index < -0.39 is 11.6 Å². The van der Waals surface area contributed by atoms with Gasteiger partial charge in [0.05, 0.1) is 10.7 Å². The minimum atomic E-state index is -0.524. The second-order valence-electron chi connectivity index (χ2n) is 7.55. The predicted octanol–water partition coefficient (Wildman–Crippen LogP) is 3.31. The molecule has 164 valence electrons. The minimum Gasteiger partial charge on any atom is -0.348 e. The summed E-state index contributed by atoms with van der Waals surface area (Å²) in [4.78, 5) is 45.6. The van der Waals surface area contributed by atoms with Gasteiger partial charge in [-0.2, -0.15) is 0 Å². The fourth-order valence-electron chi connectivity index (χ4n) is 3.75. The Bertz CT molecular complexity index is 1230. The first kappa shape index (κ1) is 21.6. The monoisotopic (exact) mass is 461 g/mol. The first-order valence-corrected chi connectivity index (χ1v) is 11.6. The van der Waals surface area contributed by atoms with E-state index in [0.717, 1.165) is 31.1 Å². The van der Waals surface area contributed by atoms with Gasteiger partial charge in [0.1, 0.15) is 11.2 Å². The quantitative estimate of drug-likeness (QED) is 0.608. The van der Waals surface area contributed by atoms with E-state index in [1.165, 1.54) is 26.9 Å². The Hall–Kier alpha value is -2.65. The van der Waals surface area contributed by atoms with E-state index in [4.69, 9.17) is 11.6 Å². The van der Waals surface area contributed by atoms with Crippen LogP contribution in [-0.2, 0) is 17.9 Å². The molecule has 8 nitrogen and oxygen atoms in total. The van der Waals surface area contributed by atoms with E-state index >= 15 is 0 Å². The summed E-state index contributed by atoms with van der Waals surface area (Å²) in [5, 5.41) is 3.86. The van der Waals surface area contributed by atoms with Gasteiger partial charge in [-0.05, 0) is 37.8 Å². The summed E-state index contributed by atoms with van der Waals surface area (Å²) in [6, 6.07) is 6.89. The van der Waals surface area contributed by atoms with Crippen LogP contribution in [0.15, 0.2) is 33.9 Å². The van der Waals surface area contributed by atoms with Crippen LogP contribution in [-0.4, -0.2) is 33.1 Å². The lowest BCUT2D eigenvalue weighted by atomic mass is 10.1. The zero-order chi connectivity index (χ0) is 22.0. The van der Waals surface area contributed by atoms with Crippen LogP contribution in [0.1, 0.15) is 32.6 Å². The van der Waals surface area contributed by atoms with Crippen molar-refractivity contribution in [3.63, 3.8) is 0 Å². The normalized spacial score (nSPS) is 14.2. The highest BCUT2D eigenvalue weighted by Crippen LogP contribution is 2.28. The maximum absolute atomic E-state index is 13.1. The number of halogens is 1. The highest BCUT2D eigenvalue weighted by Gasteiger charge is 2.22. The maximum atomic E-state index is 13.1. The summed E-state index contributed by atoms with van der Waals surface area (Å²) in [5.74, 6) is -0.411. The third kappa shape index (κ3) is 4.38. The molecule has 0 aliphatic carbocycles. The van der Waals surface area contributed by atoms with E-state index in [2.05, 4.69) is 15.2 Å². The molecule has 1 aliphatic rings. The number of fused-ring (bicyclic) bond motifs is 1. The molecule has 1 amide bonds. The summed E-state index contributed by atoms with van der Waals surface area (Å²) in [6.45, 7) is 3.68. The standard InChI is InChI=1S/C21H24ClN5O3S/c1-2-10-26-19(29)17-18(24-20(31-17)25-11-6-3-7-12-25)27(21(26)30)13-16(28)23-15-9-5-4-8-14(15)22/h4-5,8-9H,2-3,6-7,10-13H2,1H3,(H,23,28). The number of hydrogen-bond acceptors (Lipinski definition) is 6. The van der Waals surface area contributed by atoms with Crippen LogP contribution in [0.2, 0.25) is 5.02 Å². The van der Waals surface area contributed by atoms with Crippen molar-refractivity contribution in [2.24, 2.45) is 0 Å². The number of para-hydroxylation sites is 1. The van der Waals surface area contributed by atoms with Gasteiger partial charge in [0.25, 0.3) is 5.56 Å². The van der Waals surface area contributed by atoms with Gasteiger partial charge >= 0.3 is 5.69 Å². The van der Waals surface area contributed by atoms with Crippen molar-refractivity contribution in [1.82, 2.24) is 14.1 Å². The molecular formula is C21H24ClN5O3S. The average Bonchev–Trinajstić information content (AvgIpc) is 3.22. The Morgan fingerprint density at radius 1 is 1.16 bits per heavy atom. The van der Waals surface area contributed by atoms with Crippen LogP contribution in [0.3, 0.4) is 0 Å². The number of amides is 1. The van der Waals surface area contributed by atoms with E-state index in [-0.39, 0.29) is 24.3 Å². The molecule has 0 bridgehead atoms. The van der Waals surface area contributed by atoms with Gasteiger partial charge in [0, 0.05) is 19.6 Å². The molecule has 1 fully saturated rings. The van der Waals surface area contributed by atoms with Crippen LogP contribution in [0, 0.1) is 0 Å². The third-order valence-corrected chi connectivity index (χ3v) is 6.70. The molecular weight excluding hydrogens is 438 g/mol. The lowest BCUT2D eigenvalue weighted by Crippen LogP contribution is -2.41. The summed E-state index contributed by atoms with van der Waals surface area (Å²) in [5.41, 5.74) is -0.135. The number of nitrogens with zero attached hydrogens (tertiary/aromatic N) is 4. The number of carbonyl (C=O) groups is 1. The molecule has 4 rings (SSSR count). The molecule has 3 aromatic rings. The number of anilines is 2. The molecule has 1 saturated heterocycles. The zero-order valence-corrected chi connectivity index (χ0v) is 18.8. The molecule has 10 heteroatoms. The maximum Gasteiger partial charge on any atom is 0.333 e. The number of carbonyl (C=O) groups excluding carboxylic acids is 1. The molecule has 0 saturated carbocycles. The second kappa shape index (κ2) is 9.23. The number of piperidine rings is 1. The molecule has 2 aromatic heterocycles. The fraction of sp³-hybridized carbons (Fsp3) is 0.429. The molecule has 3 heterocycles. The van der Waals surface area contributed by atoms with Gasteiger partial charge in [0.15, 0.2) is 10.8 Å². The molecule has 1 aromatic carbocycles. The topological polar surface area (TPSA) is 89.2 Å². The third-order valence-electron chi connectivity index (χ3n) is 5.28. The largest absolute Gasteiger partial charge is 0.348 e. The summed E-state index contributed by atoms with van der Waals surface area (Å²) in [6.07, 6.45) is 3.95. The number of nitrogens with one attached hydrogen (secondary N) is 1. The molecule has 0 spiro atoms. The second-order valence-corrected chi connectivity index (χ2v) is 8.94. The van der Waals surface area contributed by atoms with Gasteiger partial charge < -0.3 is 10.2 Å². The van der Waals surface area contributed by atoms with Crippen molar-refractivity contribution < 1.29 is 4.79 Å². The minimum absolute atomic E-state index is 0.256. The average molecular weight is 462 g/mol. The smallest absolute Gasteiger partial charge is 0.333 e. The first-order valence-electron chi connectivity index (χ1n) is 10.4. The Kier molecular flexibility index (Phi) is 6.43. The van der Waals surface area contributed by atoms with Crippen LogP contribution in [0.25, 0.3) is 10.3 Å². The molecule has 1 N–H and O–H groups in total. The van der Waals surface area contributed by atoms with Crippen LogP contribution in [0.4, 0.5) is 10.8 Å². The SMILES string of the molecule is CCCn1c(=O)c2sc(N3CCCCC3)nc2n(CC(=O)Nc2ccccc2Cl)c1=O. The number of rotatable bonds is 6. The highest BCUT2D eigenvalue weighted by atomic mass is 35.5. The molecule has 31 heavy (non-hydrogen) atoms.